The van der Waals surface area contributed by atoms with E-state index in [9.17, 15) is 9.90 Å². The minimum atomic E-state index is -0.446. The van der Waals surface area contributed by atoms with Gasteiger partial charge in [0.05, 0.1) is 24.6 Å². The fourth-order valence-corrected chi connectivity index (χ4v) is 4.50. The number of amides is 1. The van der Waals surface area contributed by atoms with Crippen LogP contribution in [-0.4, -0.2) is 42.1 Å². The second-order valence-electron chi connectivity index (χ2n) is 8.85. The molecule has 0 radical (unpaired) electrons. The molecule has 4 aromatic rings. The first-order valence-corrected chi connectivity index (χ1v) is 13.3. The highest BCUT2D eigenvalue weighted by atomic mass is 32.2. The van der Waals surface area contributed by atoms with Gasteiger partial charge in [-0.25, -0.2) is 9.98 Å². The van der Waals surface area contributed by atoms with Gasteiger partial charge in [0.15, 0.2) is 5.17 Å². The minimum absolute atomic E-state index is 0.0428. The van der Waals surface area contributed by atoms with Crippen molar-refractivity contribution in [2.45, 2.75) is 6.61 Å². The predicted molar refractivity (Wildman–Crippen MR) is 153 cm³/mol. The van der Waals surface area contributed by atoms with E-state index in [1.807, 2.05) is 84.9 Å². The number of carbonyl (C=O) groups excluding carboxylic acids is 1. The lowest BCUT2D eigenvalue weighted by molar-refractivity contribution is -0.753. The number of aromatic nitrogens is 2. The average molecular weight is 555 g/mol. The highest BCUT2D eigenvalue weighted by Gasteiger charge is 2.31. The molecular formula is C29H26N6O4S. The number of thioether (sulfide) groups is 1. The predicted octanol–water partition coefficient (Wildman–Crippen LogP) is 3.31. The molecule has 40 heavy (non-hydrogen) atoms. The van der Waals surface area contributed by atoms with Gasteiger partial charge in [0.1, 0.15) is 18.1 Å². The summed E-state index contributed by atoms with van der Waals surface area (Å²) in [5.41, 5.74) is 2.79. The Morgan fingerprint density at radius 1 is 1.07 bits per heavy atom. The molecule has 0 saturated carbocycles. The van der Waals surface area contributed by atoms with E-state index in [0.29, 0.717) is 17.5 Å². The molecule has 1 aliphatic rings. The Morgan fingerprint density at radius 3 is 2.45 bits per heavy atom. The zero-order chi connectivity index (χ0) is 27.9. The van der Waals surface area contributed by atoms with Crippen molar-refractivity contribution in [3.63, 3.8) is 0 Å². The lowest BCUT2D eigenvalue weighted by Gasteiger charge is -2.18. The van der Waals surface area contributed by atoms with Gasteiger partial charge in [-0.15, -0.1) is 0 Å². The lowest BCUT2D eigenvalue weighted by Crippen LogP contribution is -2.53. The van der Waals surface area contributed by atoms with Gasteiger partial charge in [0, 0.05) is 5.75 Å². The average Bonchev–Trinajstić information content (AvgIpc) is 3.57. The van der Waals surface area contributed by atoms with Crippen LogP contribution in [0.1, 0.15) is 11.1 Å². The molecule has 1 aromatic heterocycles. The van der Waals surface area contributed by atoms with E-state index in [-0.39, 0.29) is 23.2 Å². The molecule has 1 amide bonds. The third-order valence-electron chi connectivity index (χ3n) is 5.69. The van der Waals surface area contributed by atoms with Gasteiger partial charge in [-0.3, -0.25) is 14.2 Å². The third kappa shape index (κ3) is 6.56. The Kier molecular flexibility index (Phi) is 8.21. The summed E-state index contributed by atoms with van der Waals surface area (Å²) in [6.07, 6.45) is 3.21. The molecule has 0 bridgehead atoms. The van der Waals surface area contributed by atoms with Crippen LogP contribution in [-0.2, 0) is 11.4 Å². The van der Waals surface area contributed by atoms with Crippen molar-refractivity contribution in [2.24, 2.45) is 9.98 Å². The van der Waals surface area contributed by atoms with E-state index in [1.54, 1.807) is 25.2 Å². The van der Waals surface area contributed by atoms with Crippen LogP contribution in [0, 0.1) is 0 Å². The fourth-order valence-electron chi connectivity index (χ4n) is 3.71. The fraction of sp³-hybridized carbons (Fsp3) is 0.138. The number of nitrogens with zero attached hydrogens (tertiary/aromatic N) is 6. The molecule has 3 aromatic carbocycles. The molecule has 5 rings (SSSR count). The van der Waals surface area contributed by atoms with Crippen LogP contribution < -0.4 is 24.5 Å². The molecule has 2 heterocycles. The van der Waals surface area contributed by atoms with Gasteiger partial charge >= 0.3 is 5.88 Å². The second kappa shape index (κ2) is 12.3. The van der Waals surface area contributed by atoms with Crippen LogP contribution >= 0.6 is 11.8 Å². The first kappa shape index (κ1) is 26.7. The Labute approximate surface area is 235 Å². The summed E-state index contributed by atoms with van der Waals surface area (Å²) in [6.45, 7) is 0.466. The third-order valence-corrected chi connectivity index (χ3v) is 6.61. The molecule has 0 saturated heterocycles. The molecule has 202 valence electrons. The molecule has 0 unspecified atom stereocenters. The summed E-state index contributed by atoms with van der Waals surface area (Å²) in [4.78, 5) is 24.8. The highest BCUT2D eigenvalue weighted by molar-refractivity contribution is 8.14. The minimum Gasteiger partial charge on any atom is -0.861 e. The van der Waals surface area contributed by atoms with E-state index >= 15 is 0 Å². The van der Waals surface area contributed by atoms with Gasteiger partial charge in [-0.2, -0.15) is 5.01 Å². The molecule has 10 nitrogen and oxygen atoms in total. The topological polar surface area (TPSA) is 110 Å². The van der Waals surface area contributed by atoms with Gasteiger partial charge in [0.2, 0.25) is 5.27 Å². The quantitative estimate of drug-likeness (QED) is 0.135. The Balaban J connectivity index is 1.31. The van der Waals surface area contributed by atoms with Crippen molar-refractivity contribution in [3.05, 3.63) is 108 Å². The van der Waals surface area contributed by atoms with Crippen LogP contribution in [0.15, 0.2) is 111 Å². The lowest BCUT2D eigenvalue weighted by atomic mass is 10.2. The Hall–Kier alpha value is -4.90. The van der Waals surface area contributed by atoms with Gasteiger partial charge < -0.3 is 9.84 Å². The number of hydrogen-bond donors (Lipinski definition) is 0. The number of para-hydroxylation sites is 1. The van der Waals surface area contributed by atoms with Gasteiger partial charge in [-0.05, 0) is 47.4 Å². The number of aliphatic imine (C=N–C) groups is 2. The number of ether oxygens (including phenoxy) is 1. The van der Waals surface area contributed by atoms with Crippen molar-refractivity contribution < 1.29 is 24.0 Å². The molecule has 0 N–H and O–H groups in total. The van der Waals surface area contributed by atoms with E-state index in [4.69, 9.17) is 9.26 Å². The normalized spacial score (nSPS) is 14.5. The smallest absolute Gasteiger partial charge is 0.324 e. The number of amidine groups is 1. The van der Waals surface area contributed by atoms with Crippen LogP contribution in [0.25, 0.3) is 6.08 Å². The molecule has 11 heteroatoms. The van der Waals surface area contributed by atoms with Crippen molar-refractivity contribution >= 4 is 46.4 Å². The molecule has 1 aliphatic heterocycles. The first-order valence-electron chi connectivity index (χ1n) is 12.4. The molecular weight excluding hydrogens is 528 g/mol. The summed E-state index contributed by atoms with van der Waals surface area (Å²) in [5.74, 6) is 0.0298. The molecule has 0 atom stereocenters. The van der Waals surface area contributed by atoms with Crippen LogP contribution in [0.4, 0.5) is 11.6 Å². The van der Waals surface area contributed by atoms with Crippen LogP contribution in [0.3, 0.4) is 0 Å². The molecule has 0 fully saturated rings. The maximum absolute atomic E-state index is 13.4. The van der Waals surface area contributed by atoms with E-state index in [0.717, 1.165) is 28.6 Å². The summed E-state index contributed by atoms with van der Waals surface area (Å²) >= 11 is 1.12. The zero-order valence-corrected chi connectivity index (χ0v) is 22.7. The number of rotatable bonds is 9. The maximum Gasteiger partial charge on any atom is 0.324 e. The monoisotopic (exact) mass is 554 g/mol. The largest absolute Gasteiger partial charge is 0.861 e. The van der Waals surface area contributed by atoms with Crippen molar-refractivity contribution in [2.75, 3.05) is 29.8 Å². The molecule has 0 spiro atoms. The standard InChI is InChI=1S/C29H26N6O4S/c1-33(2)34-18-27(39-32-34)31-26(36)20-40-29-30-25(28(37)35(29)23-11-7-4-8-12-23)17-21-13-15-24(16-14-21)38-19-22-9-5-3-6-10-22/h3-18H,19-20H2,1-2H3/b25-17+. The molecule has 0 aliphatic carbocycles. The van der Waals surface area contributed by atoms with Gasteiger partial charge in [-0.1, -0.05) is 72.4 Å². The van der Waals surface area contributed by atoms with Gasteiger partial charge in [0.25, 0.3) is 12.1 Å². The zero-order valence-electron chi connectivity index (χ0n) is 21.9. The van der Waals surface area contributed by atoms with Crippen LogP contribution in [0.5, 0.6) is 5.75 Å². The summed E-state index contributed by atoms with van der Waals surface area (Å²) in [6, 6.07) is 26.5. The number of carbonyl (C=O) groups is 1. The number of hydrogen-bond acceptors (Lipinski definition) is 9. The Morgan fingerprint density at radius 2 is 1.77 bits per heavy atom. The SMILES string of the molecule is CN(C)[n+]1cc(/N=C(/[O-])CSC2=N/C(=C/c3ccc(OCc4ccccc4)cc3)C(=O)N2c2ccccc2)on1. The second-order valence-corrected chi connectivity index (χ2v) is 9.79. The number of benzene rings is 3. The highest BCUT2D eigenvalue weighted by Crippen LogP contribution is 2.29. The van der Waals surface area contributed by atoms with Crippen LogP contribution in [0.2, 0.25) is 0 Å². The van der Waals surface area contributed by atoms with E-state index < -0.39 is 5.90 Å². The van der Waals surface area contributed by atoms with E-state index in [1.165, 1.54) is 15.9 Å². The summed E-state index contributed by atoms with van der Waals surface area (Å²) < 4.78 is 10.9. The Bertz CT molecular complexity index is 1550. The summed E-state index contributed by atoms with van der Waals surface area (Å²) in [7, 11) is 3.55. The van der Waals surface area contributed by atoms with E-state index in [2.05, 4.69) is 15.3 Å². The summed E-state index contributed by atoms with van der Waals surface area (Å²) in [5, 5.41) is 18.4. The first-order chi connectivity index (χ1) is 19.5. The number of anilines is 1. The van der Waals surface area contributed by atoms with Crippen molar-refractivity contribution in [1.82, 2.24) is 5.27 Å². The maximum atomic E-state index is 13.4. The van der Waals surface area contributed by atoms with Crippen molar-refractivity contribution in [3.8, 4) is 5.75 Å². The van der Waals surface area contributed by atoms with Crippen molar-refractivity contribution in [1.29, 1.82) is 0 Å².